The number of ether oxygens (including phenoxy) is 1. The number of methoxy groups -OCH3 is 1. The number of H-pyrrole nitrogens is 1. The van der Waals surface area contributed by atoms with Gasteiger partial charge < -0.3 is 9.84 Å². The second-order valence-corrected chi connectivity index (χ2v) is 5.18. The molecule has 1 aromatic carbocycles. The van der Waals surface area contributed by atoms with Gasteiger partial charge in [0.1, 0.15) is 5.56 Å². The van der Waals surface area contributed by atoms with E-state index in [1.807, 2.05) is 6.07 Å². The molecule has 0 atom stereocenters. The zero-order valence-corrected chi connectivity index (χ0v) is 11.6. The number of rotatable bonds is 3. The zero-order chi connectivity index (χ0) is 15.0. The third-order valence-electron chi connectivity index (χ3n) is 3.95. The van der Waals surface area contributed by atoms with Crippen molar-refractivity contribution in [2.24, 2.45) is 0 Å². The maximum atomic E-state index is 12.0. The summed E-state index contributed by atoms with van der Waals surface area (Å²) in [6.07, 6.45) is 1.38. The summed E-state index contributed by atoms with van der Waals surface area (Å²) in [4.78, 5) is 26.3. The van der Waals surface area contributed by atoms with Gasteiger partial charge >= 0.3 is 5.69 Å². The number of nitrogens with one attached hydrogen (secondary N) is 1. The van der Waals surface area contributed by atoms with E-state index in [1.165, 1.54) is 4.57 Å². The third kappa shape index (κ3) is 2.27. The Morgan fingerprint density at radius 1 is 1.24 bits per heavy atom. The first-order valence-electron chi connectivity index (χ1n) is 6.77. The molecule has 0 aliphatic heterocycles. The third-order valence-corrected chi connectivity index (χ3v) is 3.95. The van der Waals surface area contributed by atoms with Crippen LogP contribution in [0.15, 0.2) is 39.9 Å². The number of hydrogen-bond donors (Lipinski definition) is 2. The van der Waals surface area contributed by atoms with Gasteiger partial charge in [-0.3, -0.25) is 14.3 Å². The average molecular weight is 288 g/mol. The summed E-state index contributed by atoms with van der Waals surface area (Å²) in [5, 5.41) is 10.4. The molecule has 2 N–H and O–H groups in total. The van der Waals surface area contributed by atoms with Gasteiger partial charge in [0.15, 0.2) is 0 Å². The van der Waals surface area contributed by atoms with Gasteiger partial charge in [-0.15, -0.1) is 0 Å². The van der Waals surface area contributed by atoms with E-state index in [0.29, 0.717) is 18.4 Å². The van der Waals surface area contributed by atoms with E-state index in [4.69, 9.17) is 4.74 Å². The standard InChI is InChI=1S/C15H16N2O4/c1-21-11-7-10(8-11)17-14(19)12(13(18)16-15(17)20)9-5-3-2-4-6-9/h2-6,10-11,19H,7-8H2,1H3,(H,16,18,20). The second kappa shape index (κ2) is 5.21. The first-order valence-corrected chi connectivity index (χ1v) is 6.77. The van der Waals surface area contributed by atoms with Crippen molar-refractivity contribution in [1.29, 1.82) is 0 Å². The van der Waals surface area contributed by atoms with Crippen molar-refractivity contribution in [3.05, 3.63) is 51.2 Å². The highest BCUT2D eigenvalue weighted by atomic mass is 16.5. The maximum absolute atomic E-state index is 12.0. The van der Waals surface area contributed by atoms with Crippen LogP contribution in [-0.2, 0) is 4.74 Å². The van der Waals surface area contributed by atoms with Crippen molar-refractivity contribution < 1.29 is 9.84 Å². The normalized spacial score (nSPS) is 21.0. The molecule has 110 valence electrons. The Labute approximate surface area is 120 Å². The molecule has 1 aliphatic carbocycles. The largest absolute Gasteiger partial charge is 0.494 e. The summed E-state index contributed by atoms with van der Waals surface area (Å²) < 4.78 is 6.44. The van der Waals surface area contributed by atoms with E-state index in [9.17, 15) is 14.7 Å². The molecule has 0 radical (unpaired) electrons. The summed E-state index contributed by atoms with van der Waals surface area (Å²) in [6, 6.07) is 8.65. The fraction of sp³-hybridized carbons (Fsp3) is 0.333. The molecule has 1 aliphatic rings. The Balaban J connectivity index is 2.11. The Morgan fingerprint density at radius 2 is 1.90 bits per heavy atom. The van der Waals surface area contributed by atoms with Crippen LogP contribution < -0.4 is 11.2 Å². The minimum Gasteiger partial charge on any atom is -0.494 e. The van der Waals surface area contributed by atoms with Gasteiger partial charge in [0, 0.05) is 13.2 Å². The highest BCUT2D eigenvalue weighted by Crippen LogP contribution is 2.37. The van der Waals surface area contributed by atoms with Crippen LogP contribution in [0.4, 0.5) is 0 Å². The highest BCUT2D eigenvalue weighted by Gasteiger charge is 2.33. The van der Waals surface area contributed by atoms with Gasteiger partial charge in [-0.2, -0.15) is 0 Å². The van der Waals surface area contributed by atoms with Crippen molar-refractivity contribution in [2.45, 2.75) is 25.0 Å². The van der Waals surface area contributed by atoms with Crippen molar-refractivity contribution >= 4 is 0 Å². The fourth-order valence-electron chi connectivity index (χ4n) is 2.68. The van der Waals surface area contributed by atoms with E-state index in [0.717, 1.165) is 0 Å². The minimum absolute atomic E-state index is 0.0911. The quantitative estimate of drug-likeness (QED) is 0.890. The molecular formula is C15H16N2O4. The van der Waals surface area contributed by atoms with Crippen LogP contribution in [0.3, 0.4) is 0 Å². The molecule has 1 heterocycles. The average Bonchev–Trinajstić information content (AvgIpc) is 2.42. The second-order valence-electron chi connectivity index (χ2n) is 5.18. The summed E-state index contributed by atoms with van der Waals surface area (Å²) in [7, 11) is 1.62. The Bertz CT molecular complexity index is 757. The minimum atomic E-state index is -0.586. The van der Waals surface area contributed by atoms with Crippen molar-refractivity contribution in [2.75, 3.05) is 7.11 Å². The molecule has 21 heavy (non-hydrogen) atoms. The van der Waals surface area contributed by atoms with E-state index in [1.54, 1.807) is 31.4 Å². The molecule has 0 spiro atoms. The predicted octanol–water partition coefficient (Wildman–Crippen LogP) is 1.26. The molecular weight excluding hydrogens is 272 g/mol. The summed E-state index contributed by atoms with van der Waals surface area (Å²) >= 11 is 0. The SMILES string of the molecule is COC1CC(n2c(O)c(-c3ccccc3)c(=O)[nH]c2=O)C1. The van der Waals surface area contributed by atoms with Crippen molar-refractivity contribution in [3.63, 3.8) is 0 Å². The van der Waals surface area contributed by atoms with Gasteiger partial charge in [-0.05, 0) is 18.4 Å². The van der Waals surface area contributed by atoms with Crippen LogP contribution in [0, 0.1) is 0 Å². The fourth-order valence-corrected chi connectivity index (χ4v) is 2.68. The monoisotopic (exact) mass is 288 g/mol. The molecule has 0 bridgehead atoms. The Morgan fingerprint density at radius 3 is 2.52 bits per heavy atom. The Kier molecular flexibility index (Phi) is 3.39. The number of benzene rings is 1. The summed E-state index contributed by atoms with van der Waals surface area (Å²) in [6.45, 7) is 0. The van der Waals surface area contributed by atoms with Crippen LogP contribution >= 0.6 is 0 Å². The first-order chi connectivity index (χ1) is 10.1. The molecule has 1 saturated carbocycles. The van der Waals surface area contributed by atoms with Crippen LogP contribution in [0.5, 0.6) is 5.88 Å². The van der Waals surface area contributed by atoms with Crippen LogP contribution in [0.1, 0.15) is 18.9 Å². The number of hydrogen-bond acceptors (Lipinski definition) is 4. The smallest absolute Gasteiger partial charge is 0.331 e. The molecule has 6 heteroatoms. The number of aromatic nitrogens is 2. The lowest BCUT2D eigenvalue weighted by atomic mass is 9.89. The summed E-state index contributed by atoms with van der Waals surface area (Å²) in [5.41, 5.74) is -0.469. The molecule has 1 fully saturated rings. The first kappa shape index (κ1) is 13.6. The number of aromatic hydroxyl groups is 1. The molecule has 0 saturated heterocycles. The van der Waals surface area contributed by atoms with E-state index >= 15 is 0 Å². The van der Waals surface area contributed by atoms with Crippen LogP contribution in [-0.4, -0.2) is 27.9 Å². The van der Waals surface area contributed by atoms with Crippen LogP contribution in [0.25, 0.3) is 11.1 Å². The highest BCUT2D eigenvalue weighted by molar-refractivity contribution is 5.67. The number of aromatic amines is 1. The molecule has 3 rings (SSSR count). The zero-order valence-electron chi connectivity index (χ0n) is 11.6. The van der Waals surface area contributed by atoms with Crippen molar-refractivity contribution in [1.82, 2.24) is 9.55 Å². The molecule has 2 aromatic rings. The Hall–Kier alpha value is -2.34. The van der Waals surface area contributed by atoms with Gasteiger partial charge in [0.2, 0.25) is 5.88 Å². The van der Waals surface area contributed by atoms with E-state index in [2.05, 4.69) is 4.98 Å². The summed E-state index contributed by atoms with van der Waals surface area (Å²) in [5.74, 6) is -0.283. The lowest BCUT2D eigenvalue weighted by molar-refractivity contribution is 0.00276. The predicted molar refractivity (Wildman–Crippen MR) is 77.5 cm³/mol. The lowest BCUT2D eigenvalue weighted by Crippen LogP contribution is -2.41. The van der Waals surface area contributed by atoms with E-state index < -0.39 is 11.2 Å². The van der Waals surface area contributed by atoms with Gasteiger partial charge in [-0.1, -0.05) is 30.3 Å². The van der Waals surface area contributed by atoms with Gasteiger partial charge in [0.25, 0.3) is 5.56 Å². The number of nitrogens with zero attached hydrogens (tertiary/aromatic N) is 1. The topological polar surface area (TPSA) is 84.3 Å². The molecule has 1 aromatic heterocycles. The molecule has 0 unspecified atom stereocenters. The van der Waals surface area contributed by atoms with Crippen molar-refractivity contribution in [3.8, 4) is 17.0 Å². The van der Waals surface area contributed by atoms with Gasteiger partial charge in [-0.25, -0.2) is 4.79 Å². The maximum Gasteiger partial charge on any atom is 0.331 e. The van der Waals surface area contributed by atoms with Crippen LogP contribution in [0.2, 0.25) is 0 Å². The lowest BCUT2D eigenvalue weighted by Gasteiger charge is -2.35. The molecule has 0 amide bonds. The van der Waals surface area contributed by atoms with E-state index in [-0.39, 0.29) is 23.6 Å². The van der Waals surface area contributed by atoms with Gasteiger partial charge in [0.05, 0.1) is 6.10 Å². The molecule has 6 nitrogen and oxygen atoms in total.